The van der Waals surface area contributed by atoms with Crippen molar-refractivity contribution < 1.29 is 19.1 Å². The second-order valence-corrected chi connectivity index (χ2v) is 5.67. The van der Waals surface area contributed by atoms with E-state index < -0.39 is 17.2 Å². The summed E-state index contributed by atoms with van der Waals surface area (Å²) in [4.78, 5) is 35.4. The Hall–Kier alpha value is -1.88. The fourth-order valence-corrected chi connectivity index (χ4v) is 3.16. The molecule has 1 heterocycles. The third-order valence-corrected chi connectivity index (χ3v) is 4.50. The summed E-state index contributed by atoms with van der Waals surface area (Å²) in [7, 11) is 0. The molecule has 0 saturated carbocycles. The van der Waals surface area contributed by atoms with Gasteiger partial charge in [-0.3, -0.25) is 14.4 Å². The second-order valence-electron chi connectivity index (χ2n) is 4.68. The van der Waals surface area contributed by atoms with Gasteiger partial charge in [0.2, 0.25) is 11.6 Å². The predicted molar refractivity (Wildman–Crippen MR) is 70.7 cm³/mol. The molecular weight excluding hydrogens is 264 g/mol. The first-order chi connectivity index (χ1) is 9.06. The number of hydrogen-bond donors (Lipinski definition) is 0. The van der Waals surface area contributed by atoms with Gasteiger partial charge in [-0.1, -0.05) is 24.3 Å². The van der Waals surface area contributed by atoms with Crippen LogP contribution in [0.4, 0.5) is 0 Å². The molecule has 0 amide bonds. The molecule has 0 fully saturated rings. The first kappa shape index (κ1) is 12.2. The summed E-state index contributed by atoms with van der Waals surface area (Å²) in [5.74, 6) is -0.380. The summed E-state index contributed by atoms with van der Waals surface area (Å²) in [6, 6.07) is 6.80. The maximum Gasteiger partial charge on any atom is 0.243 e. The lowest BCUT2D eigenvalue weighted by Gasteiger charge is -2.34. The number of carbonyl (C=O) groups is 3. The van der Waals surface area contributed by atoms with E-state index in [9.17, 15) is 14.4 Å². The zero-order valence-corrected chi connectivity index (χ0v) is 11.0. The van der Waals surface area contributed by atoms with Crippen LogP contribution in [0.1, 0.15) is 22.8 Å². The standard InChI is InChI=1S/C14H10O4S/c1-14(6-15)7-19-13-11(17)10(16)8-4-2-3-5-9(8)12(13)18-14/h2-6H,7H2,1H3. The molecule has 0 N–H and O–H groups in total. The molecule has 1 atom stereocenters. The van der Waals surface area contributed by atoms with E-state index in [0.717, 1.165) is 6.29 Å². The minimum Gasteiger partial charge on any atom is -0.477 e. The van der Waals surface area contributed by atoms with Crippen LogP contribution in [0.5, 0.6) is 0 Å². The summed E-state index contributed by atoms with van der Waals surface area (Å²) in [6.07, 6.45) is 0.729. The molecule has 3 rings (SSSR count). The van der Waals surface area contributed by atoms with Crippen molar-refractivity contribution in [2.75, 3.05) is 5.75 Å². The highest BCUT2D eigenvalue weighted by Crippen LogP contribution is 2.43. The topological polar surface area (TPSA) is 60.4 Å². The summed E-state index contributed by atoms with van der Waals surface area (Å²) < 4.78 is 5.69. The molecular formula is C14H10O4S. The van der Waals surface area contributed by atoms with Gasteiger partial charge in [-0.2, -0.15) is 0 Å². The van der Waals surface area contributed by atoms with Crippen LogP contribution in [0, 0.1) is 0 Å². The molecule has 1 aromatic carbocycles. The highest BCUT2D eigenvalue weighted by molar-refractivity contribution is 8.04. The number of thioether (sulfide) groups is 1. The Morgan fingerprint density at radius 3 is 2.58 bits per heavy atom. The number of carbonyl (C=O) groups excluding carboxylic acids is 3. The highest BCUT2D eigenvalue weighted by Gasteiger charge is 2.42. The van der Waals surface area contributed by atoms with Gasteiger partial charge in [0.05, 0.1) is 0 Å². The molecule has 4 nitrogen and oxygen atoms in total. The van der Waals surface area contributed by atoms with Crippen molar-refractivity contribution in [2.24, 2.45) is 0 Å². The van der Waals surface area contributed by atoms with E-state index in [2.05, 4.69) is 0 Å². The van der Waals surface area contributed by atoms with Gasteiger partial charge in [-0.05, 0) is 6.92 Å². The number of benzene rings is 1. The lowest BCUT2D eigenvalue weighted by atomic mass is 9.93. The van der Waals surface area contributed by atoms with Crippen molar-refractivity contribution in [3.63, 3.8) is 0 Å². The number of ketones is 2. The van der Waals surface area contributed by atoms with E-state index in [4.69, 9.17) is 4.74 Å². The van der Waals surface area contributed by atoms with Crippen LogP contribution in [-0.2, 0) is 14.3 Å². The number of ether oxygens (including phenoxy) is 1. The number of hydrogen-bond acceptors (Lipinski definition) is 5. The number of fused-ring (bicyclic) bond motifs is 2. The fraction of sp³-hybridized carbons (Fsp3) is 0.214. The van der Waals surface area contributed by atoms with Crippen LogP contribution in [0.3, 0.4) is 0 Å². The molecule has 19 heavy (non-hydrogen) atoms. The van der Waals surface area contributed by atoms with Gasteiger partial charge in [0, 0.05) is 16.9 Å². The van der Waals surface area contributed by atoms with Gasteiger partial charge < -0.3 is 4.74 Å². The van der Waals surface area contributed by atoms with E-state index in [1.54, 1.807) is 31.2 Å². The zero-order valence-electron chi connectivity index (χ0n) is 10.1. The first-order valence-corrected chi connectivity index (χ1v) is 6.75. The van der Waals surface area contributed by atoms with Crippen LogP contribution in [-0.4, -0.2) is 29.2 Å². The number of rotatable bonds is 1. The molecule has 0 aromatic heterocycles. The minimum atomic E-state index is -0.961. The van der Waals surface area contributed by atoms with Gasteiger partial charge >= 0.3 is 0 Å². The lowest BCUT2D eigenvalue weighted by molar-refractivity contribution is -0.120. The van der Waals surface area contributed by atoms with Crippen molar-refractivity contribution in [1.82, 2.24) is 0 Å². The molecule has 1 aliphatic heterocycles. The van der Waals surface area contributed by atoms with Gasteiger partial charge in [-0.25, -0.2) is 0 Å². The lowest BCUT2D eigenvalue weighted by Crippen LogP contribution is -2.39. The Kier molecular flexibility index (Phi) is 2.60. The molecule has 5 heteroatoms. The van der Waals surface area contributed by atoms with Crippen LogP contribution in [0.2, 0.25) is 0 Å². The summed E-state index contributed by atoms with van der Waals surface area (Å²) in [6.45, 7) is 1.67. The minimum absolute atomic E-state index is 0.308. The summed E-state index contributed by atoms with van der Waals surface area (Å²) >= 11 is 1.21. The molecule has 0 spiro atoms. The molecule has 1 aromatic rings. The van der Waals surface area contributed by atoms with Crippen LogP contribution < -0.4 is 0 Å². The highest BCUT2D eigenvalue weighted by atomic mass is 32.2. The molecule has 2 aliphatic rings. The average Bonchev–Trinajstić information content (AvgIpc) is 2.45. The Balaban J connectivity index is 2.21. The molecule has 0 saturated heterocycles. The van der Waals surface area contributed by atoms with Crippen molar-refractivity contribution in [3.05, 3.63) is 40.3 Å². The molecule has 0 bridgehead atoms. The second kappa shape index (κ2) is 4.06. The summed E-state index contributed by atoms with van der Waals surface area (Å²) in [5.41, 5.74) is -0.0403. The normalized spacial score (nSPS) is 25.5. The van der Waals surface area contributed by atoms with Gasteiger partial charge in [0.15, 0.2) is 11.9 Å². The largest absolute Gasteiger partial charge is 0.477 e. The quantitative estimate of drug-likeness (QED) is 0.577. The van der Waals surface area contributed by atoms with Gasteiger partial charge in [-0.15, -0.1) is 11.8 Å². The molecule has 0 radical (unpaired) electrons. The van der Waals surface area contributed by atoms with E-state index in [1.807, 2.05) is 0 Å². The molecule has 96 valence electrons. The predicted octanol–water partition coefficient (Wildman–Crippen LogP) is 1.84. The van der Waals surface area contributed by atoms with Gasteiger partial charge in [0.25, 0.3) is 0 Å². The monoisotopic (exact) mass is 274 g/mol. The Labute approximate surface area is 113 Å². The van der Waals surface area contributed by atoms with Crippen molar-refractivity contribution in [2.45, 2.75) is 12.5 Å². The Morgan fingerprint density at radius 1 is 1.21 bits per heavy atom. The van der Waals surface area contributed by atoms with Gasteiger partial charge in [0.1, 0.15) is 10.7 Å². The summed E-state index contributed by atoms with van der Waals surface area (Å²) in [5, 5.41) is 0. The molecule has 1 aliphatic carbocycles. The first-order valence-electron chi connectivity index (χ1n) is 5.76. The number of Topliss-reactive ketones (excluding diaryl/α,β-unsaturated/α-hetero) is 2. The fourth-order valence-electron chi connectivity index (χ4n) is 2.10. The maximum atomic E-state index is 12.0. The van der Waals surface area contributed by atoms with Crippen molar-refractivity contribution >= 4 is 35.4 Å². The number of aldehydes is 1. The smallest absolute Gasteiger partial charge is 0.243 e. The van der Waals surface area contributed by atoms with Crippen LogP contribution in [0.15, 0.2) is 29.2 Å². The maximum absolute atomic E-state index is 12.0. The van der Waals surface area contributed by atoms with E-state index in [1.165, 1.54) is 11.8 Å². The van der Waals surface area contributed by atoms with E-state index in [0.29, 0.717) is 27.5 Å². The zero-order chi connectivity index (χ0) is 13.6. The van der Waals surface area contributed by atoms with Crippen molar-refractivity contribution in [1.29, 1.82) is 0 Å². The number of allylic oxidation sites excluding steroid dienone is 1. The third kappa shape index (κ3) is 1.73. The Morgan fingerprint density at radius 2 is 1.89 bits per heavy atom. The van der Waals surface area contributed by atoms with Crippen LogP contribution in [0.25, 0.3) is 5.76 Å². The average molecular weight is 274 g/mol. The Bertz CT molecular complexity index is 647. The van der Waals surface area contributed by atoms with E-state index in [-0.39, 0.29) is 0 Å². The van der Waals surface area contributed by atoms with E-state index >= 15 is 0 Å². The van der Waals surface area contributed by atoms with Crippen molar-refractivity contribution in [3.8, 4) is 0 Å². The molecule has 1 unspecified atom stereocenters. The SMILES string of the molecule is CC1(C=O)CSC2=C(O1)c1ccccc1C(=O)C2=O. The van der Waals surface area contributed by atoms with Crippen LogP contribution >= 0.6 is 11.8 Å². The third-order valence-electron chi connectivity index (χ3n) is 3.12.